The van der Waals surface area contributed by atoms with E-state index in [1.165, 1.54) is 16.9 Å². The van der Waals surface area contributed by atoms with Crippen molar-refractivity contribution in [3.05, 3.63) is 45.9 Å². The summed E-state index contributed by atoms with van der Waals surface area (Å²) in [6.07, 6.45) is 1.61. The van der Waals surface area contributed by atoms with Crippen molar-refractivity contribution in [1.82, 2.24) is 4.98 Å². The van der Waals surface area contributed by atoms with Crippen LogP contribution in [0.3, 0.4) is 0 Å². The summed E-state index contributed by atoms with van der Waals surface area (Å²) < 4.78 is 0. The number of aromatic nitrogens is 1. The quantitative estimate of drug-likeness (QED) is 0.911. The molecule has 3 nitrogen and oxygen atoms in total. The maximum absolute atomic E-state index is 11.9. The van der Waals surface area contributed by atoms with Crippen LogP contribution >= 0.6 is 11.3 Å². The van der Waals surface area contributed by atoms with Crippen LogP contribution in [0.2, 0.25) is 0 Å². The van der Waals surface area contributed by atoms with Crippen molar-refractivity contribution < 1.29 is 4.79 Å². The van der Waals surface area contributed by atoms with Gasteiger partial charge in [-0.05, 0) is 30.5 Å². The molecule has 18 heavy (non-hydrogen) atoms. The van der Waals surface area contributed by atoms with E-state index in [-0.39, 0.29) is 5.91 Å². The van der Waals surface area contributed by atoms with Gasteiger partial charge in [0.2, 0.25) is 0 Å². The van der Waals surface area contributed by atoms with Crippen LogP contribution in [0.1, 0.15) is 40.0 Å². The summed E-state index contributed by atoms with van der Waals surface area (Å²) in [5.74, 6) is 0.400. The fourth-order valence-electron chi connectivity index (χ4n) is 1.61. The summed E-state index contributed by atoms with van der Waals surface area (Å²) in [4.78, 5) is 16.6. The van der Waals surface area contributed by atoms with Crippen molar-refractivity contribution in [2.24, 2.45) is 0 Å². The summed E-state index contributed by atoms with van der Waals surface area (Å²) in [7, 11) is 0. The van der Waals surface area contributed by atoms with Crippen LogP contribution in [-0.2, 0) is 0 Å². The molecule has 0 aliphatic carbocycles. The molecule has 0 atom stereocenters. The zero-order valence-corrected chi connectivity index (χ0v) is 11.5. The molecule has 2 rings (SSSR count). The average molecular weight is 260 g/mol. The molecule has 0 saturated heterocycles. The Morgan fingerprint density at radius 1 is 1.28 bits per heavy atom. The lowest BCUT2D eigenvalue weighted by Gasteiger charge is -2.07. The van der Waals surface area contributed by atoms with Crippen molar-refractivity contribution in [3.8, 4) is 0 Å². The fourth-order valence-corrected chi connectivity index (χ4v) is 2.28. The molecule has 0 radical (unpaired) electrons. The maximum Gasteiger partial charge on any atom is 0.267 e. The second-order valence-corrected chi connectivity index (χ2v) is 5.71. The number of benzene rings is 1. The molecule has 0 saturated carbocycles. The summed E-state index contributed by atoms with van der Waals surface area (Å²) in [5, 5.41) is 3.77. The molecule has 1 heterocycles. The summed E-state index contributed by atoms with van der Waals surface area (Å²) in [5.41, 5.74) is 2.08. The topological polar surface area (TPSA) is 42.0 Å². The first-order chi connectivity index (χ1) is 8.56. The van der Waals surface area contributed by atoms with Crippen LogP contribution in [0, 0.1) is 6.92 Å². The van der Waals surface area contributed by atoms with Crippen molar-refractivity contribution in [1.29, 1.82) is 0 Å². The zero-order valence-electron chi connectivity index (χ0n) is 10.7. The Hall–Kier alpha value is -1.68. The average Bonchev–Trinajstić information content (AvgIpc) is 2.76. The lowest BCUT2D eigenvalue weighted by atomic mass is 10.0. The van der Waals surface area contributed by atoms with Gasteiger partial charge in [0.05, 0.1) is 11.2 Å². The first-order valence-corrected chi connectivity index (χ1v) is 6.71. The highest BCUT2D eigenvalue weighted by atomic mass is 32.1. The lowest BCUT2D eigenvalue weighted by molar-refractivity contribution is 0.103. The van der Waals surface area contributed by atoms with Crippen LogP contribution in [0.15, 0.2) is 30.5 Å². The van der Waals surface area contributed by atoms with E-state index in [0.717, 1.165) is 10.7 Å². The Labute approximate surface area is 111 Å². The van der Waals surface area contributed by atoms with Gasteiger partial charge in [-0.2, -0.15) is 0 Å². The molecule has 94 valence electrons. The third kappa shape index (κ3) is 2.96. The monoisotopic (exact) mass is 260 g/mol. The Kier molecular flexibility index (Phi) is 3.77. The largest absolute Gasteiger partial charge is 0.321 e. The second kappa shape index (κ2) is 5.31. The van der Waals surface area contributed by atoms with Crippen LogP contribution in [0.4, 0.5) is 5.69 Å². The molecule has 1 amide bonds. The molecule has 0 bridgehead atoms. The number of carbonyl (C=O) groups excluding carboxylic acids is 1. The van der Waals surface area contributed by atoms with Gasteiger partial charge in [-0.25, -0.2) is 4.98 Å². The predicted molar refractivity (Wildman–Crippen MR) is 75.3 cm³/mol. The Balaban J connectivity index is 2.07. The Bertz CT molecular complexity index is 543. The Morgan fingerprint density at radius 3 is 2.44 bits per heavy atom. The van der Waals surface area contributed by atoms with E-state index in [9.17, 15) is 4.79 Å². The lowest BCUT2D eigenvalue weighted by Crippen LogP contribution is -2.10. The maximum atomic E-state index is 11.9. The van der Waals surface area contributed by atoms with E-state index in [1.54, 1.807) is 6.20 Å². The Morgan fingerprint density at radius 2 is 1.94 bits per heavy atom. The zero-order chi connectivity index (χ0) is 13.1. The normalized spacial score (nSPS) is 10.7. The van der Waals surface area contributed by atoms with E-state index in [0.29, 0.717) is 10.8 Å². The van der Waals surface area contributed by atoms with Crippen LogP contribution in [0.25, 0.3) is 0 Å². The number of amides is 1. The van der Waals surface area contributed by atoms with Gasteiger partial charge in [-0.1, -0.05) is 26.0 Å². The number of aryl methyl sites for hydroxylation is 1. The first-order valence-electron chi connectivity index (χ1n) is 5.90. The summed E-state index contributed by atoms with van der Waals surface area (Å²) in [6.45, 7) is 6.18. The fraction of sp³-hybridized carbons (Fsp3) is 0.286. The molecular formula is C14H16N2OS. The molecule has 1 aromatic heterocycles. The molecule has 0 unspecified atom stereocenters. The van der Waals surface area contributed by atoms with Gasteiger partial charge in [0.25, 0.3) is 5.91 Å². The highest BCUT2D eigenvalue weighted by Gasteiger charge is 2.09. The number of nitrogens with zero attached hydrogens (tertiary/aromatic N) is 1. The third-order valence-electron chi connectivity index (χ3n) is 2.68. The van der Waals surface area contributed by atoms with E-state index in [2.05, 4.69) is 24.1 Å². The molecular weight excluding hydrogens is 244 g/mol. The number of hydrogen-bond donors (Lipinski definition) is 1. The minimum Gasteiger partial charge on any atom is -0.321 e. The highest BCUT2D eigenvalue weighted by Crippen LogP contribution is 2.18. The number of rotatable bonds is 3. The van der Waals surface area contributed by atoms with Crippen LogP contribution < -0.4 is 5.32 Å². The third-order valence-corrected chi connectivity index (χ3v) is 3.59. The van der Waals surface area contributed by atoms with Gasteiger partial charge in [-0.15, -0.1) is 11.3 Å². The van der Waals surface area contributed by atoms with E-state index >= 15 is 0 Å². The summed E-state index contributed by atoms with van der Waals surface area (Å²) >= 11 is 1.40. The molecule has 0 spiro atoms. The number of nitrogens with one attached hydrogen (secondary N) is 1. The highest BCUT2D eigenvalue weighted by molar-refractivity contribution is 7.13. The van der Waals surface area contributed by atoms with Crippen molar-refractivity contribution in [3.63, 3.8) is 0 Å². The van der Waals surface area contributed by atoms with Crippen LogP contribution in [-0.4, -0.2) is 10.9 Å². The number of anilines is 1. The van der Waals surface area contributed by atoms with Gasteiger partial charge >= 0.3 is 0 Å². The molecule has 1 aromatic carbocycles. The smallest absolute Gasteiger partial charge is 0.267 e. The first kappa shape index (κ1) is 12.8. The van der Waals surface area contributed by atoms with E-state index in [4.69, 9.17) is 0 Å². The van der Waals surface area contributed by atoms with Gasteiger partial charge in [0, 0.05) is 5.69 Å². The van der Waals surface area contributed by atoms with Crippen molar-refractivity contribution in [2.75, 3.05) is 5.32 Å². The summed E-state index contributed by atoms with van der Waals surface area (Å²) in [6, 6.07) is 7.94. The predicted octanol–water partition coefficient (Wildman–Crippen LogP) is 3.83. The van der Waals surface area contributed by atoms with Gasteiger partial charge < -0.3 is 5.32 Å². The molecule has 2 aromatic rings. The number of hydrogen-bond acceptors (Lipinski definition) is 3. The van der Waals surface area contributed by atoms with Gasteiger partial charge in [0.15, 0.2) is 0 Å². The molecule has 0 fully saturated rings. The van der Waals surface area contributed by atoms with E-state index in [1.807, 2.05) is 31.2 Å². The minimum absolute atomic E-state index is 0.0992. The molecule has 1 N–H and O–H groups in total. The van der Waals surface area contributed by atoms with Crippen LogP contribution in [0.5, 0.6) is 0 Å². The number of thiazole rings is 1. The molecule has 0 aliphatic heterocycles. The van der Waals surface area contributed by atoms with Crippen molar-refractivity contribution >= 4 is 22.9 Å². The molecule has 4 heteroatoms. The molecule has 0 aliphatic rings. The SMILES string of the molecule is Cc1ncc(C(=O)Nc2ccc(C(C)C)cc2)s1. The standard InChI is InChI=1S/C14H16N2OS/c1-9(2)11-4-6-12(7-5-11)16-14(17)13-8-15-10(3)18-13/h4-9H,1-3H3,(H,16,17). The van der Waals surface area contributed by atoms with E-state index < -0.39 is 0 Å². The minimum atomic E-state index is -0.0992. The van der Waals surface area contributed by atoms with Gasteiger partial charge in [-0.3, -0.25) is 4.79 Å². The second-order valence-electron chi connectivity index (χ2n) is 4.47. The number of carbonyl (C=O) groups is 1. The van der Waals surface area contributed by atoms with Gasteiger partial charge in [0.1, 0.15) is 4.88 Å². The van der Waals surface area contributed by atoms with Crippen molar-refractivity contribution in [2.45, 2.75) is 26.7 Å².